The van der Waals surface area contributed by atoms with Crippen LogP contribution in [-0.2, 0) is 17.8 Å². The van der Waals surface area contributed by atoms with Crippen LogP contribution in [0.4, 0.5) is 0 Å². The van der Waals surface area contributed by atoms with Crippen LogP contribution < -0.4 is 4.74 Å². The lowest BCUT2D eigenvalue weighted by Crippen LogP contribution is -2.11. The number of carbonyl (C=O) groups is 1. The monoisotopic (exact) mass is 308 g/mol. The number of aryl methyl sites for hydroxylation is 1. The standard InChI is InChI=1S/C21H24O2/c22-21(19-10-4-5-11-19)14-13-17-9-6-12-20(15-17)23-16-18-7-2-1-3-8-18/h1-3,6-9,12,15,19H,4-5,10-11,13-14,16H2. The van der Waals surface area contributed by atoms with Gasteiger partial charge in [-0.15, -0.1) is 0 Å². The first kappa shape index (κ1) is 15.8. The Morgan fingerprint density at radius 2 is 1.70 bits per heavy atom. The first-order valence-corrected chi connectivity index (χ1v) is 8.59. The van der Waals surface area contributed by atoms with Crippen LogP contribution in [-0.4, -0.2) is 5.78 Å². The van der Waals surface area contributed by atoms with Crippen LogP contribution in [0.25, 0.3) is 0 Å². The molecule has 2 aromatic carbocycles. The van der Waals surface area contributed by atoms with Gasteiger partial charge in [0.1, 0.15) is 18.1 Å². The Balaban J connectivity index is 1.51. The zero-order valence-electron chi connectivity index (χ0n) is 13.5. The summed E-state index contributed by atoms with van der Waals surface area (Å²) in [5.74, 6) is 1.64. The molecule has 0 N–H and O–H groups in total. The van der Waals surface area contributed by atoms with Gasteiger partial charge < -0.3 is 4.74 Å². The summed E-state index contributed by atoms with van der Waals surface area (Å²) in [4.78, 5) is 12.2. The molecule has 1 aliphatic rings. The molecule has 23 heavy (non-hydrogen) atoms. The van der Waals surface area contributed by atoms with E-state index in [1.165, 1.54) is 18.4 Å². The lowest BCUT2D eigenvalue weighted by molar-refractivity contribution is -0.122. The zero-order chi connectivity index (χ0) is 15.9. The van der Waals surface area contributed by atoms with Crippen LogP contribution >= 0.6 is 0 Å². The van der Waals surface area contributed by atoms with Crippen LogP contribution in [0.2, 0.25) is 0 Å². The predicted octanol–water partition coefficient (Wildman–Crippen LogP) is 4.96. The second-order valence-electron chi connectivity index (χ2n) is 6.37. The Morgan fingerprint density at radius 3 is 2.48 bits per heavy atom. The van der Waals surface area contributed by atoms with Crippen molar-refractivity contribution in [2.75, 3.05) is 0 Å². The Bertz CT molecular complexity index is 627. The third kappa shape index (κ3) is 4.69. The van der Waals surface area contributed by atoms with E-state index in [4.69, 9.17) is 4.74 Å². The summed E-state index contributed by atoms with van der Waals surface area (Å²) in [6, 6.07) is 18.3. The van der Waals surface area contributed by atoms with E-state index in [0.717, 1.165) is 30.6 Å². The van der Waals surface area contributed by atoms with E-state index >= 15 is 0 Å². The van der Waals surface area contributed by atoms with Gasteiger partial charge in [0, 0.05) is 12.3 Å². The minimum atomic E-state index is 0.326. The van der Waals surface area contributed by atoms with Crippen molar-refractivity contribution in [3.63, 3.8) is 0 Å². The van der Waals surface area contributed by atoms with Crippen molar-refractivity contribution in [3.8, 4) is 5.75 Å². The summed E-state index contributed by atoms with van der Waals surface area (Å²) < 4.78 is 5.85. The van der Waals surface area contributed by atoms with Crippen LogP contribution in [0.1, 0.15) is 43.2 Å². The van der Waals surface area contributed by atoms with Gasteiger partial charge in [0.05, 0.1) is 0 Å². The van der Waals surface area contributed by atoms with Gasteiger partial charge in [0.2, 0.25) is 0 Å². The summed E-state index contributed by atoms with van der Waals surface area (Å²) in [7, 11) is 0. The van der Waals surface area contributed by atoms with Crippen LogP contribution in [0.3, 0.4) is 0 Å². The molecule has 0 atom stereocenters. The number of Topliss-reactive ketones (excluding diaryl/α,β-unsaturated/α-hetero) is 1. The van der Waals surface area contributed by atoms with Crippen molar-refractivity contribution < 1.29 is 9.53 Å². The molecule has 0 amide bonds. The van der Waals surface area contributed by atoms with E-state index in [1.807, 2.05) is 30.3 Å². The van der Waals surface area contributed by atoms with Gasteiger partial charge >= 0.3 is 0 Å². The molecule has 2 aromatic rings. The third-order valence-corrected chi connectivity index (χ3v) is 4.62. The molecular formula is C21H24O2. The molecule has 0 bridgehead atoms. The number of benzene rings is 2. The van der Waals surface area contributed by atoms with Gasteiger partial charge in [0.25, 0.3) is 0 Å². The van der Waals surface area contributed by atoms with Crippen molar-refractivity contribution >= 4 is 5.78 Å². The van der Waals surface area contributed by atoms with Crippen molar-refractivity contribution in [1.82, 2.24) is 0 Å². The summed E-state index contributed by atoms with van der Waals surface area (Å²) >= 11 is 0. The average Bonchev–Trinajstić information content (AvgIpc) is 3.14. The van der Waals surface area contributed by atoms with E-state index < -0.39 is 0 Å². The predicted molar refractivity (Wildman–Crippen MR) is 92.5 cm³/mol. The number of carbonyl (C=O) groups excluding carboxylic acids is 1. The molecule has 120 valence electrons. The summed E-state index contributed by atoms with van der Waals surface area (Å²) in [6.45, 7) is 0.575. The Morgan fingerprint density at radius 1 is 0.957 bits per heavy atom. The highest BCUT2D eigenvalue weighted by atomic mass is 16.5. The maximum atomic E-state index is 12.2. The molecule has 1 saturated carbocycles. The highest BCUT2D eigenvalue weighted by Gasteiger charge is 2.21. The minimum Gasteiger partial charge on any atom is -0.489 e. The molecule has 0 saturated heterocycles. The van der Waals surface area contributed by atoms with E-state index in [2.05, 4.69) is 24.3 Å². The zero-order valence-corrected chi connectivity index (χ0v) is 13.5. The van der Waals surface area contributed by atoms with E-state index in [9.17, 15) is 4.79 Å². The summed E-state index contributed by atoms with van der Waals surface area (Å²) in [5, 5.41) is 0. The Kier molecular flexibility index (Phi) is 5.46. The van der Waals surface area contributed by atoms with Gasteiger partial charge in [0.15, 0.2) is 0 Å². The molecule has 0 aromatic heterocycles. The molecule has 0 radical (unpaired) electrons. The second kappa shape index (κ2) is 7.96. The number of ketones is 1. The van der Waals surface area contributed by atoms with E-state index in [-0.39, 0.29) is 0 Å². The van der Waals surface area contributed by atoms with Crippen molar-refractivity contribution in [2.24, 2.45) is 5.92 Å². The van der Waals surface area contributed by atoms with Crippen molar-refractivity contribution in [3.05, 3.63) is 65.7 Å². The molecule has 0 spiro atoms. The van der Waals surface area contributed by atoms with Gasteiger partial charge in [-0.05, 0) is 42.5 Å². The summed E-state index contributed by atoms with van der Waals surface area (Å²) in [5.41, 5.74) is 2.34. The maximum absolute atomic E-state index is 12.2. The van der Waals surface area contributed by atoms with E-state index in [1.54, 1.807) is 0 Å². The third-order valence-electron chi connectivity index (χ3n) is 4.62. The first-order chi connectivity index (χ1) is 11.3. The Labute approximate surface area is 138 Å². The van der Waals surface area contributed by atoms with Crippen LogP contribution in [0.15, 0.2) is 54.6 Å². The highest BCUT2D eigenvalue weighted by Crippen LogP contribution is 2.27. The van der Waals surface area contributed by atoms with Crippen molar-refractivity contribution in [1.29, 1.82) is 0 Å². The normalized spacial score (nSPS) is 14.8. The first-order valence-electron chi connectivity index (χ1n) is 8.59. The van der Waals surface area contributed by atoms with Crippen molar-refractivity contribution in [2.45, 2.75) is 45.1 Å². The fourth-order valence-electron chi connectivity index (χ4n) is 3.25. The molecule has 0 heterocycles. The smallest absolute Gasteiger partial charge is 0.136 e. The van der Waals surface area contributed by atoms with E-state index in [0.29, 0.717) is 24.7 Å². The fourth-order valence-corrected chi connectivity index (χ4v) is 3.25. The Hall–Kier alpha value is -2.09. The molecule has 0 unspecified atom stereocenters. The van der Waals surface area contributed by atoms with Gasteiger partial charge in [-0.2, -0.15) is 0 Å². The molecule has 3 rings (SSSR count). The largest absolute Gasteiger partial charge is 0.489 e. The van der Waals surface area contributed by atoms with Gasteiger partial charge in [-0.1, -0.05) is 55.3 Å². The van der Waals surface area contributed by atoms with Crippen LogP contribution in [0.5, 0.6) is 5.75 Å². The molecule has 2 nitrogen and oxygen atoms in total. The molecular weight excluding hydrogens is 284 g/mol. The number of rotatable bonds is 7. The quantitative estimate of drug-likeness (QED) is 0.723. The number of hydrogen-bond acceptors (Lipinski definition) is 2. The highest BCUT2D eigenvalue weighted by molar-refractivity contribution is 5.81. The van der Waals surface area contributed by atoms with Crippen LogP contribution in [0, 0.1) is 5.92 Å². The van der Waals surface area contributed by atoms with Gasteiger partial charge in [-0.3, -0.25) is 4.79 Å². The SMILES string of the molecule is O=C(CCc1cccc(OCc2ccccc2)c1)C1CCCC1. The fraction of sp³-hybridized carbons (Fsp3) is 0.381. The number of hydrogen-bond donors (Lipinski definition) is 0. The molecule has 1 aliphatic carbocycles. The van der Waals surface area contributed by atoms with Gasteiger partial charge in [-0.25, -0.2) is 0 Å². The maximum Gasteiger partial charge on any atom is 0.136 e. The lowest BCUT2D eigenvalue weighted by Gasteiger charge is -2.10. The molecule has 1 fully saturated rings. The number of ether oxygens (including phenoxy) is 1. The summed E-state index contributed by atoms with van der Waals surface area (Å²) in [6.07, 6.45) is 6.11. The topological polar surface area (TPSA) is 26.3 Å². The lowest BCUT2D eigenvalue weighted by atomic mass is 9.97. The second-order valence-corrected chi connectivity index (χ2v) is 6.37. The average molecular weight is 308 g/mol. The minimum absolute atomic E-state index is 0.326. The molecule has 0 aliphatic heterocycles. The molecule has 2 heteroatoms.